The molecule has 4 fully saturated rings. The lowest BCUT2D eigenvalue weighted by atomic mass is 9.80. The minimum absolute atomic E-state index is 0.0366. The summed E-state index contributed by atoms with van der Waals surface area (Å²) in [6.07, 6.45) is -19.2. The highest BCUT2D eigenvalue weighted by Crippen LogP contribution is 2.42. The quantitative estimate of drug-likeness (QED) is 0.0217. The molecule has 0 bridgehead atoms. The van der Waals surface area contributed by atoms with Crippen molar-refractivity contribution in [2.24, 2.45) is 5.41 Å². The van der Waals surface area contributed by atoms with Crippen LogP contribution in [0.15, 0.2) is 212 Å². The third-order valence-corrected chi connectivity index (χ3v) is 17.7. The fourth-order valence-electron chi connectivity index (χ4n) is 13.0. The lowest BCUT2D eigenvalue weighted by molar-refractivity contribution is -0.390. The molecule has 4 aliphatic rings. The topological polar surface area (TPSA) is 227 Å². The van der Waals surface area contributed by atoms with E-state index in [1.165, 1.54) is 6.92 Å². The van der Waals surface area contributed by atoms with Crippen LogP contribution in [-0.4, -0.2) is 146 Å². The second-order valence-corrected chi connectivity index (χ2v) is 26.3. The fraction of sp³-hybridized carbons (Fsp3) is 0.412. The molecule has 4 heterocycles. The van der Waals surface area contributed by atoms with Gasteiger partial charge in [-0.05, 0) is 44.4 Å². The molecule has 0 aromatic heterocycles. The first-order valence-electron chi connectivity index (χ1n) is 34.2. The zero-order valence-corrected chi connectivity index (χ0v) is 57.5. The molecule has 101 heavy (non-hydrogen) atoms. The molecule has 4 aliphatic heterocycles. The van der Waals surface area contributed by atoms with Crippen LogP contribution in [0, 0.1) is 5.41 Å². The monoisotopic (exact) mass is 1380 g/mol. The Morgan fingerprint density at radius 3 is 1.10 bits per heavy atom. The summed E-state index contributed by atoms with van der Waals surface area (Å²) in [6.45, 7) is 6.66. The Hall–Kier alpha value is -8.39. The van der Waals surface area contributed by atoms with Gasteiger partial charge in [-0.15, -0.1) is 0 Å². The van der Waals surface area contributed by atoms with Gasteiger partial charge in [0.05, 0.1) is 59.5 Å². The molecule has 0 radical (unpaired) electrons. The average molecular weight is 1380 g/mol. The Balaban J connectivity index is 1.09. The van der Waals surface area contributed by atoms with Gasteiger partial charge in [-0.1, -0.05) is 226 Å². The molecule has 0 saturated carbocycles. The standard InChI is InChI=1S/C80H89NO20/c1-53(82)89-52-65-70(95-54(2)83)72(96-55(3)84)68(81-66(85)41-80(4,5)42-67(81)86)77(97-65)101-74-69(90-45-58-31-17-8-18-32-58)63(50-87-43-56-27-13-6-14-28-56)99-79(76(74)93-48-61-37-23-11-24-38-61)100-71-64(51-88-44-57-29-15-7-16-30-57)98-78(94-49-62-39-25-12-26-40-62)75(92-47-60-35-21-10-22-36-60)73(71)91-46-59-33-19-9-20-34-59/h6-40,63-65,68-79H,41-52H2,1-5H3/t63-,64-,65-,68-,69+,70-,71-,72-,73+,74+,75-,76-,77+,78-,79+/m1/s1. The van der Waals surface area contributed by atoms with Crippen molar-refractivity contribution in [3.8, 4) is 0 Å². The molecule has 21 heteroatoms. The summed E-state index contributed by atoms with van der Waals surface area (Å²) in [7, 11) is 0. The van der Waals surface area contributed by atoms with Crippen LogP contribution >= 0.6 is 0 Å². The maximum Gasteiger partial charge on any atom is 0.303 e. The van der Waals surface area contributed by atoms with Gasteiger partial charge in [-0.3, -0.25) is 28.9 Å². The van der Waals surface area contributed by atoms with E-state index >= 15 is 0 Å². The summed E-state index contributed by atoms with van der Waals surface area (Å²) < 4.78 is 104. The van der Waals surface area contributed by atoms with Crippen LogP contribution < -0.4 is 0 Å². The molecule has 534 valence electrons. The number of hydrogen-bond donors (Lipinski definition) is 0. The van der Waals surface area contributed by atoms with E-state index in [-0.39, 0.29) is 72.3 Å². The van der Waals surface area contributed by atoms with Gasteiger partial charge in [-0.2, -0.15) is 0 Å². The van der Waals surface area contributed by atoms with Gasteiger partial charge in [0.2, 0.25) is 11.8 Å². The van der Waals surface area contributed by atoms with Crippen molar-refractivity contribution in [2.75, 3.05) is 19.8 Å². The first-order valence-corrected chi connectivity index (χ1v) is 34.2. The molecule has 0 N–H and O–H groups in total. The Labute approximate surface area is 589 Å². The van der Waals surface area contributed by atoms with Crippen LogP contribution in [0.4, 0.5) is 0 Å². The summed E-state index contributed by atoms with van der Waals surface area (Å²) in [5.41, 5.74) is 5.00. The van der Waals surface area contributed by atoms with Crippen molar-refractivity contribution < 1.29 is 95.0 Å². The normalized spacial score (nSPS) is 26.5. The fourth-order valence-corrected chi connectivity index (χ4v) is 13.0. The van der Waals surface area contributed by atoms with Crippen molar-refractivity contribution in [1.82, 2.24) is 4.90 Å². The van der Waals surface area contributed by atoms with E-state index in [4.69, 9.17) is 71.1 Å². The number of piperidine rings is 1. The molecule has 7 aromatic carbocycles. The molecule has 15 atom stereocenters. The molecule has 4 saturated heterocycles. The molecule has 7 aromatic rings. The van der Waals surface area contributed by atoms with E-state index in [1.54, 1.807) is 13.8 Å². The van der Waals surface area contributed by atoms with E-state index < -0.39 is 134 Å². The number of nitrogens with zero attached hydrogens (tertiary/aromatic N) is 1. The summed E-state index contributed by atoms with van der Waals surface area (Å²) in [4.78, 5) is 70.7. The summed E-state index contributed by atoms with van der Waals surface area (Å²) in [5, 5.41) is 0. The van der Waals surface area contributed by atoms with E-state index in [2.05, 4.69) is 0 Å². The molecule has 0 spiro atoms. The number of amides is 2. The molecule has 21 nitrogen and oxygen atoms in total. The van der Waals surface area contributed by atoms with Crippen LogP contribution in [0.25, 0.3) is 0 Å². The van der Waals surface area contributed by atoms with Crippen LogP contribution in [0.5, 0.6) is 0 Å². The van der Waals surface area contributed by atoms with Gasteiger partial charge in [-0.25, -0.2) is 0 Å². The van der Waals surface area contributed by atoms with Crippen molar-refractivity contribution in [2.45, 2.75) is 186 Å². The Kier molecular flexibility index (Phi) is 26.7. The summed E-state index contributed by atoms with van der Waals surface area (Å²) in [5.74, 6) is -3.75. The molecular weight excluding hydrogens is 1290 g/mol. The van der Waals surface area contributed by atoms with Gasteiger partial charge in [0.1, 0.15) is 67.6 Å². The van der Waals surface area contributed by atoms with Crippen molar-refractivity contribution in [3.05, 3.63) is 251 Å². The Morgan fingerprint density at radius 1 is 0.356 bits per heavy atom. The highest BCUT2D eigenvalue weighted by Gasteiger charge is 2.61. The minimum Gasteiger partial charge on any atom is -0.463 e. The SMILES string of the molecule is CC(=O)OC[C@H]1O[C@@H](O[C@H]2[C@@H](OCc3ccccc3)[C@@H](COCc3ccccc3)O[C@@H](O[C@H]3[C@H](OCc4ccccc4)[C@@H](OCc4ccccc4)[C@H](OCc4ccccc4)O[C@@H]3COCc3ccccc3)[C@@H]2OCc2ccccc2)[C@H](N2C(=O)CC(C)(C)CC2=O)[C@@H](OC(C)=O)[C@@H]1OC(C)=O. The lowest BCUT2D eigenvalue weighted by Gasteiger charge is -2.53. The number of hydrogen-bond acceptors (Lipinski definition) is 20. The highest BCUT2D eigenvalue weighted by molar-refractivity contribution is 5.99. The molecule has 11 rings (SSSR count). The zero-order chi connectivity index (χ0) is 70.5. The number of rotatable bonds is 32. The first kappa shape index (κ1) is 73.8. The molecule has 0 unspecified atom stereocenters. The maximum absolute atomic E-state index is 15.0. The number of carbonyl (C=O) groups excluding carboxylic acids is 5. The van der Waals surface area contributed by atoms with Crippen LogP contribution in [0.1, 0.15) is 86.4 Å². The van der Waals surface area contributed by atoms with Gasteiger partial charge < -0.3 is 71.1 Å². The molecule has 0 aliphatic carbocycles. The van der Waals surface area contributed by atoms with Crippen LogP contribution in [0.3, 0.4) is 0 Å². The van der Waals surface area contributed by atoms with Crippen molar-refractivity contribution >= 4 is 29.7 Å². The van der Waals surface area contributed by atoms with E-state index in [0.29, 0.717) is 0 Å². The number of imide groups is 1. The Morgan fingerprint density at radius 2 is 0.683 bits per heavy atom. The van der Waals surface area contributed by atoms with Crippen LogP contribution in [-0.2, 0) is 141 Å². The highest BCUT2D eigenvalue weighted by atomic mass is 16.8. The smallest absolute Gasteiger partial charge is 0.303 e. The summed E-state index contributed by atoms with van der Waals surface area (Å²) >= 11 is 0. The minimum atomic E-state index is -1.83. The first-order chi connectivity index (χ1) is 49.1. The van der Waals surface area contributed by atoms with Gasteiger partial charge >= 0.3 is 17.9 Å². The second-order valence-electron chi connectivity index (χ2n) is 26.3. The second kappa shape index (κ2) is 36.5. The predicted octanol–water partition coefficient (Wildman–Crippen LogP) is 10.9. The van der Waals surface area contributed by atoms with Gasteiger partial charge in [0, 0.05) is 33.6 Å². The van der Waals surface area contributed by atoms with E-state index in [0.717, 1.165) is 57.7 Å². The predicted molar refractivity (Wildman–Crippen MR) is 366 cm³/mol. The maximum atomic E-state index is 15.0. The zero-order valence-electron chi connectivity index (χ0n) is 57.5. The number of likely N-dealkylation sites (tertiary alicyclic amines) is 1. The lowest BCUT2D eigenvalue weighted by Crippen LogP contribution is -2.71. The van der Waals surface area contributed by atoms with E-state index in [1.807, 2.05) is 212 Å². The average Bonchev–Trinajstić information content (AvgIpc) is 0.753. The molecule has 2 amide bonds. The number of carbonyl (C=O) groups is 5. The number of ether oxygens (including phenoxy) is 15. The number of esters is 3. The van der Waals surface area contributed by atoms with Gasteiger partial charge in [0.15, 0.2) is 31.1 Å². The summed E-state index contributed by atoms with van der Waals surface area (Å²) in [6, 6.07) is 65.5. The third kappa shape index (κ3) is 20.9. The molecular formula is C80H89NO20. The van der Waals surface area contributed by atoms with Crippen molar-refractivity contribution in [1.29, 1.82) is 0 Å². The third-order valence-electron chi connectivity index (χ3n) is 17.7. The van der Waals surface area contributed by atoms with Crippen LogP contribution in [0.2, 0.25) is 0 Å². The largest absolute Gasteiger partial charge is 0.463 e. The Bertz CT molecular complexity index is 3670. The number of benzene rings is 7. The van der Waals surface area contributed by atoms with E-state index in [9.17, 15) is 24.0 Å². The van der Waals surface area contributed by atoms with Gasteiger partial charge in [0.25, 0.3) is 0 Å². The van der Waals surface area contributed by atoms with Crippen molar-refractivity contribution in [3.63, 3.8) is 0 Å².